The molecular weight excluding hydrogens is 182 g/mol. The summed E-state index contributed by atoms with van der Waals surface area (Å²) < 4.78 is 5.27. The van der Waals surface area contributed by atoms with Gasteiger partial charge in [0.2, 0.25) is 5.91 Å². The molecule has 1 N–H and O–H groups in total. The molecule has 14 heavy (non-hydrogen) atoms. The molecule has 1 aliphatic heterocycles. The lowest BCUT2D eigenvalue weighted by Crippen LogP contribution is -2.40. The maximum atomic E-state index is 11.9. The van der Waals surface area contributed by atoms with E-state index in [1.807, 2.05) is 6.92 Å². The highest BCUT2D eigenvalue weighted by Gasteiger charge is 2.25. The molecule has 1 heterocycles. The van der Waals surface area contributed by atoms with Crippen LogP contribution < -0.4 is 0 Å². The molecule has 0 aromatic heterocycles. The number of likely N-dealkylation sites (N-methyl/N-ethyl adjacent to an activating group) is 1. The van der Waals surface area contributed by atoms with E-state index in [2.05, 4.69) is 0 Å². The average molecular weight is 201 g/mol. The summed E-state index contributed by atoms with van der Waals surface area (Å²) in [6, 6.07) is 0. The van der Waals surface area contributed by atoms with Gasteiger partial charge in [-0.25, -0.2) is 0 Å². The van der Waals surface area contributed by atoms with Crippen molar-refractivity contribution in [2.24, 2.45) is 5.92 Å². The first kappa shape index (κ1) is 11.5. The summed E-state index contributed by atoms with van der Waals surface area (Å²) in [7, 11) is 0. The van der Waals surface area contributed by atoms with Crippen molar-refractivity contribution in [2.75, 3.05) is 32.9 Å². The Hall–Kier alpha value is -0.610. The zero-order chi connectivity index (χ0) is 10.4. The Kier molecular flexibility index (Phi) is 4.90. The minimum atomic E-state index is 0.00949. The van der Waals surface area contributed by atoms with E-state index >= 15 is 0 Å². The summed E-state index contributed by atoms with van der Waals surface area (Å²) in [6.45, 7) is 4.38. The van der Waals surface area contributed by atoms with Crippen molar-refractivity contribution in [1.82, 2.24) is 4.90 Å². The number of ether oxygens (including phenoxy) is 1. The van der Waals surface area contributed by atoms with Crippen LogP contribution in [0.3, 0.4) is 0 Å². The normalized spacial score (nSPS) is 22.0. The van der Waals surface area contributed by atoms with E-state index in [-0.39, 0.29) is 18.4 Å². The van der Waals surface area contributed by atoms with Crippen molar-refractivity contribution < 1.29 is 14.6 Å². The Balaban J connectivity index is 2.43. The fraction of sp³-hybridized carbons (Fsp3) is 0.900. The Morgan fingerprint density at radius 3 is 2.93 bits per heavy atom. The topological polar surface area (TPSA) is 49.8 Å². The van der Waals surface area contributed by atoms with Crippen LogP contribution in [0.4, 0.5) is 0 Å². The second-order valence-electron chi connectivity index (χ2n) is 3.56. The molecule has 1 amide bonds. The van der Waals surface area contributed by atoms with E-state index in [9.17, 15) is 4.79 Å². The molecule has 1 fully saturated rings. The molecule has 0 bridgehead atoms. The van der Waals surface area contributed by atoms with Gasteiger partial charge in [-0.3, -0.25) is 4.79 Å². The van der Waals surface area contributed by atoms with Crippen molar-refractivity contribution in [3.8, 4) is 0 Å². The first-order valence-corrected chi connectivity index (χ1v) is 5.27. The summed E-state index contributed by atoms with van der Waals surface area (Å²) in [6.07, 6.45) is 1.88. The molecule has 1 saturated heterocycles. The van der Waals surface area contributed by atoms with Gasteiger partial charge in [-0.1, -0.05) is 0 Å². The van der Waals surface area contributed by atoms with Gasteiger partial charge in [0.05, 0.1) is 19.1 Å². The number of carbonyl (C=O) groups excluding carboxylic acids is 1. The molecule has 0 aliphatic carbocycles. The van der Waals surface area contributed by atoms with E-state index in [1.165, 1.54) is 0 Å². The quantitative estimate of drug-likeness (QED) is 0.709. The Bertz CT molecular complexity index is 171. The number of hydrogen-bond donors (Lipinski definition) is 1. The van der Waals surface area contributed by atoms with Gasteiger partial charge in [-0.05, 0) is 19.8 Å². The molecule has 0 aromatic carbocycles. The van der Waals surface area contributed by atoms with Gasteiger partial charge in [0.25, 0.3) is 0 Å². The zero-order valence-electron chi connectivity index (χ0n) is 8.74. The second kappa shape index (κ2) is 5.98. The van der Waals surface area contributed by atoms with E-state index in [0.29, 0.717) is 19.7 Å². The summed E-state index contributed by atoms with van der Waals surface area (Å²) >= 11 is 0. The minimum Gasteiger partial charge on any atom is -0.395 e. The third-order valence-corrected chi connectivity index (χ3v) is 2.57. The average Bonchev–Trinajstić information content (AvgIpc) is 2.26. The van der Waals surface area contributed by atoms with Gasteiger partial charge in [0.15, 0.2) is 0 Å². The molecule has 1 aliphatic rings. The lowest BCUT2D eigenvalue weighted by Gasteiger charge is -2.27. The van der Waals surface area contributed by atoms with Crippen molar-refractivity contribution >= 4 is 5.91 Å². The fourth-order valence-electron chi connectivity index (χ4n) is 1.74. The first-order chi connectivity index (χ1) is 6.79. The van der Waals surface area contributed by atoms with Crippen LogP contribution in [0.2, 0.25) is 0 Å². The Morgan fingerprint density at radius 2 is 2.43 bits per heavy atom. The number of nitrogens with zero attached hydrogens (tertiary/aromatic N) is 1. The fourth-order valence-corrected chi connectivity index (χ4v) is 1.74. The molecule has 1 atom stereocenters. The highest BCUT2D eigenvalue weighted by molar-refractivity contribution is 5.79. The van der Waals surface area contributed by atoms with Crippen LogP contribution in [-0.2, 0) is 9.53 Å². The highest BCUT2D eigenvalue weighted by atomic mass is 16.5. The van der Waals surface area contributed by atoms with Crippen molar-refractivity contribution in [3.63, 3.8) is 0 Å². The first-order valence-electron chi connectivity index (χ1n) is 5.27. The lowest BCUT2D eigenvalue weighted by atomic mass is 10.0. The van der Waals surface area contributed by atoms with Crippen LogP contribution >= 0.6 is 0 Å². The monoisotopic (exact) mass is 201 g/mol. The standard InChI is InChI=1S/C10H19NO3/c1-2-11(5-6-12)10(13)9-4-3-7-14-8-9/h9,12H,2-8H2,1H3. The number of hydrogen-bond acceptors (Lipinski definition) is 3. The smallest absolute Gasteiger partial charge is 0.228 e. The summed E-state index contributed by atoms with van der Waals surface area (Å²) in [5.74, 6) is 0.136. The number of aliphatic hydroxyl groups is 1. The predicted molar refractivity (Wildman–Crippen MR) is 52.9 cm³/mol. The largest absolute Gasteiger partial charge is 0.395 e. The van der Waals surface area contributed by atoms with Crippen LogP contribution in [0.25, 0.3) is 0 Å². The van der Waals surface area contributed by atoms with Gasteiger partial charge in [-0.15, -0.1) is 0 Å². The van der Waals surface area contributed by atoms with E-state index in [1.54, 1.807) is 4.90 Å². The van der Waals surface area contributed by atoms with E-state index in [0.717, 1.165) is 19.4 Å². The summed E-state index contributed by atoms with van der Waals surface area (Å²) in [4.78, 5) is 13.5. The maximum Gasteiger partial charge on any atom is 0.228 e. The van der Waals surface area contributed by atoms with Crippen molar-refractivity contribution in [2.45, 2.75) is 19.8 Å². The van der Waals surface area contributed by atoms with Gasteiger partial charge >= 0.3 is 0 Å². The van der Waals surface area contributed by atoms with Crippen LogP contribution in [-0.4, -0.2) is 48.8 Å². The van der Waals surface area contributed by atoms with Gasteiger partial charge < -0.3 is 14.7 Å². The van der Waals surface area contributed by atoms with Crippen LogP contribution in [0.15, 0.2) is 0 Å². The molecule has 0 saturated carbocycles. The molecule has 82 valence electrons. The Labute approximate surface area is 84.8 Å². The van der Waals surface area contributed by atoms with Crippen molar-refractivity contribution in [3.05, 3.63) is 0 Å². The zero-order valence-corrected chi connectivity index (χ0v) is 8.74. The second-order valence-corrected chi connectivity index (χ2v) is 3.56. The van der Waals surface area contributed by atoms with Gasteiger partial charge in [0.1, 0.15) is 0 Å². The molecule has 4 nitrogen and oxygen atoms in total. The van der Waals surface area contributed by atoms with Crippen LogP contribution in [0, 0.1) is 5.92 Å². The van der Waals surface area contributed by atoms with Crippen molar-refractivity contribution in [1.29, 1.82) is 0 Å². The molecule has 0 spiro atoms. The van der Waals surface area contributed by atoms with Crippen LogP contribution in [0.5, 0.6) is 0 Å². The molecule has 0 radical (unpaired) electrons. The van der Waals surface area contributed by atoms with Gasteiger partial charge in [-0.2, -0.15) is 0 Å². The number of amides is 1. The highest BCUT2D eigenvalue weighted by Crippen LogP contribution is 2.16. The molecule has 4 heteroatoms. The lowest BCUT2D eigenvalue weighted by molar-refractivity contribution is -0.140. The third kappa shape index (κ3) is 2.96. The van der Waals surface area contributed by atoms with Crippen LogP contribution in [0.1, 0.15) is 19.8 Å². The number of rotatable bonds is 4. The predicted octanol–water partition coefficient (Wildman–Crippen LogP) is 0.254. The van der Waals surface area contributed by atoms with Gasteiger partial charge in [0, 0.05) is 19.7 Å². The summed E-state index contributed by atoms with van der Waals surface area (Å²) in [5, 5.41) is 8.79. The molecule has 1 rings (SSSR count). The molecular formula is C10H19NO3. The summed E-state index contributed by atoms with van der Waals surface area (Å²) in [5.41, 5.74) is 0. The van der Waals surface area contributed by atoms with E-state index < -0.39 is 0 Å². The minimum absolute atomic E-state index is 0.00949. The van der Waals surface area contributed by atoms with E-state index in [4.69, 9.17) is 9.84 Å². The number of aliphatic hydroxyl groups excluding tert-OH is 1. The number of carbonyl (C=O) groups is 1. The SMILES string of the molecule is CCN(CCO)C(=O)C1CCCOC1. The third-order valence-electron chi connectivity index (χ3n) is 2.57. The molecule has 1 unspecified atom stereocenters. The maximum absolute atomic E-state index is 11.9. The molecule has 0 aromatic rings. The Morgan fingerprint density at radius 1 is 1.64 bits per heavy atom.